The van der Waals surface area contributed by atoms with Crippen molar-refractivity contribution in [2.75, 3.05) is 0 Å². The van der Waals surface area contributed by atoms with E-state index in [0.29, 0.717) is 12.3 Å². The van der Waals surface area contributed by atoms with Crippen molar-refractivity contribution in [1.29, 1.82) is 0 Å². The highest BCUT2D eigenvalue weighted by atomic mass is 17.3. The van der Waals surface area contributed by atoms with Gasteiger partial charge < -0.3 is 4.74 Å². The van der Waals surface area contributed by atoms with E-state index in [4.69, 9.17) is 19.2 Å². The van der Waals surface area contributed by atoms with Crippen molar-refractivity contribution in [2.24, 2.45) is 23.7 Å². The van der Waals surface area contributed by atoms with Crippen LogP contribution in [0.15, 0.2) is 0 Å². The lowest BCUT2D eigenvalue weighted by Gasteiger charge is -2.58. The first-order valence-electron chi connectivity index (χ1n) is 8.21. The fraction of sp³-hybridized carbons (Fsp3) is 1.00. The number of ether oxygens (including phenoxy) is 2. The van der Waals surface area contributed by atoms with Crippen LogP contribution in [0.1, 0.15) is 46.5 Å². The topological polar surface area (TPSA) is 80.1 Å². The summed E-state index contributed by atoms with van der Waals surface area (Å²) in [7, 11) is 0. The molecule has 5 fully saturated rings. The third kappa shape index (κ3) is 1.76. The molecule has 0 N–H and O–H groups in total. The van der Waals surface area contributed by atoms with Gasteiger partial charge in [-0.1, -0.05) is 13.8 Å². The molecule has 5 aliphatic rings. The Morgan fingerprint density at radius 2 is 1.91 bits per heavy atom. The normalized spacial score (nSPS) is 57.0. The van der Waals surface area contributed by atoms with Gasteiger partial charge in [0.05, 0.1) is 10.8 Å². The number of hydrogen-bond donors (Lipinski definition) is 0. The van der Waals surface area contributed by atoms with Crippen molar-refractivity contribution in [3.05, 3.63) is 10.1 Å². The van der Waals surface area contributed by atoms with Crippen molar-refractivity contribution in [3.63, 3.8) is 0 Å². The number of fused-ring (bicyclic) bond motifs is 2. The van der Waals surface area contributed by atoms with Crippen molar-refractivity contribution in [1.82, 2.24) is 0 Å². The minimum Gasteiger partial charge on any atom is -0.315 e. The SMILES string of the molecule is C[C@H]1[C@H]([N+](=O)[O-])O[C@@H]2O[C@]3(C)CC[C@H]4[C@H](C)CC[C@@H]1[C@@]24OO3. The number of hydrogen-bond acceptors (Lipinski definition) is 6. The summed E-state index contributed by atoms with van der Waals surface area (Å²) in [5.74, 6) is -0.370. The number of nitro groups is 1. The Morgan fingerprint density at radius 1 is 1.14 bits per heavy atom. The van der Waals surface area contributed by atoms with E-state index < -0.39 is 23.9 Å². The highest BCUT2D eigenvalue weighted by molar-refractivity contribution is 5.08. The Bertz CT molecular complexity index is 500. The Morgan fingerprint density at radius 3 is 2.64 bits per heavy atom. The number of rotatable bonds is 1. The molecule has 7 nitrogen and oxygen atoms in total. The van der Waals surface area contributed by atoms with Crippen LogP contribution in [0, 0.1) is 33.8 Å². The first kappa shape index (κ1) is 14.8. The average molecular weight is 313 g/mol. The first-order chi connectivity index (χ1) is 10.4. The molecule has 1 spiro atoms. The highest BCUT2D eigenvalue weighted by Crippen LogP contribution is 2.60. The van der Waals surface area contributed by atoms with Gasteiger partial charge >= 0.3 is 6.23 Å². The Balaban J connectivity index is 1.80. The van der Waals surface area contributed by atoms with Crippen LogP contribution in [-0.4, -0.2) is 28.8 Å². The van der Waals surface area contributed by atoms with E-state index in [2.05, 4.69) is 6.92 Å². The molecule has 4 heterocycles. The average Bonchev–Trinajstić information content (AvgIpc) is 2.69. The second-order valence-corrected chi connectivity index (χ2v) is 7.58. The van der Waals surface area contributed by atoms with Gasteiger partial charge in [-0.25, -0.2) is 9.78 Å². The maximum absolute atomic E-state index is 11.4. The molecule has 1 aliphatic carbocycles. The Labute approximate surface area is 129 Å². The predicted molar refractivity (Wildman–Crippen MR) is 73.8 cm³/mol. The predicted octanol–water partition coefficient (Wildman–Crippen LogP) is 2.47. The van der Waals surface area contributed by atoms with Crippen molar-refractivity contribution in [2.45, 2.75) is 70.4 Å². The van der Waals surface area contributed by atoms with Crippen LogP contribution in [0.2, 0.25) is 0 Å². The molecule has 22 heavy (non-hydrogen) atoms. The third-order valence-corrected chi connectivity index (χ3v) is 6.33. The molecule has 5 rings (SSSR count). The maximum Gasteiger partial charge on any atom is 0.320 e. The van der Waals surface area contributed by atoms with E-state index in [0.717, 1.165) is 19.3 Å². The summed E-state index contributed by atoms with van der Waals surface area (Å²) in [6.45, 7) is 5.93. The molecule has 124 valence electrons. The molecular formula is C15H23NO6. The van der Waals surface area contributed by atoms with Gasteiger partial charge in [0.2, 0.25) is 12.1 Å². The van der Waals surface area contributed by atoms with Gasteiger partial charge in [0.15, 0.2) is 5.60 Å². The lowest BCUT2D eigenvalue weighted by molar-refractivity contribution is -0.648. The minimum absolute atomic E-state index is 0.0190. The van der Waals surface area contributed by atoms with Crippen LogP contribution < -0.4 is 0 Å². The van der Waals surface area contributed by atoms with E-state index in [9.17, 15) is 10.1 Å². The van der Waals surface area contributed by atoms with Gasteiger partial charge in [-0.15, -0.1) is 0 Å². The van der Waals surface area contributed by atoms with Crippen LogP contribution in [0.3, 0.4) is 0 Å². The van der Waals surface area contributed by atoms with Crippen LogP contribution in [0.4, 0.5) is 0 Å². The number of nitrogens with zero attached hydrogens (tertiary/aromatic N) is 1. The van der Waals surface area contributed by atoms with Gasteiger partial charge in [-0.3, -0.25) is 14.9 Å². The van der Waals surface area contributed by atoms with Crippen molar-refractivity contribution < 1.29 is 24.2 Å². The van der Waals surface area contributed by atoms with Crippen LogP contribution in [0.25, 0.3) is 0 Å². The summed E-state index contributed by atoms with van der Waals surface area (Å²) < 4.78 is 11.8. The molecular weight excluding hydrogens is 290 g/mol. The molecule has 2 bridgehead atoms. The summed E-state index contributed by atoms with van der Waals surface area (Å²) in [6.07, 6.45) is 1.82. The zero-order chi connectivity index (χ0) is 15.7. The van der Waals surface area contributed by atoms with Gasteiger partial charge in [0.1, 0.15) is 0 Å². The molecule has 1 saturated carbocycles. The summed E-state index contributed by atoms with van der Waals surface area (Å²) in [5.41, 5.74) is -0.709. The Kier molecular flexibility index (Phi) is 3.11. The van der Waals surface area contributed by atoms with Crippen molar-refractivity contribution >= 4 is 0 Å². The minimum atomic E-state index is -1.04. The molecule has 4 saturated heterocycles. The first-order valence-corrected chi connectivity index (χ1v) is 8.21. The van der Waals surface area contributed by atoms with Crippen LogP contribution >= 0.6 is 0 Å². The molecule has 0 unspecified atom stereocenters. The fourth-order valence-electron chi connectivity index (χ4n) is 5.13. The summed E-state index contributed by atoms with van der Waals surface area (Å²) >= 11 is 0. The molecule has 4 aliphatic heterocycles. The second kappa shape index (κ2) is 4.63. The quantitative estimate of drug-likeness (QED) is 0.420. The molecule has 0 aromatic rings. The largest absolute Gasteiger partial charge is 0.320 e. The van der Waals surface area contributed by atoms with E-state index in [1.54, 1.807) is 0 Å². The monoisotopic (exact) mass is 313 g/mol. The summed E-state index contributed by atoms with van der Waals surface area (Å²) in [6, 6.07) is 0. The van der Waals surface area contributed by atoms with Gasteiger partial charge in [0.25, 0.3) is 0 Å². The Hall–Kier alpha value is -0.760. The van der Waals surface area contributed by atoms with E-state index in [1.165, 1.54) is 0 Å². The molecule has 7 heteroatoms. The summed E-state index contributed by atoms with van der Waals surface area (Å²) in [4.78, 5) is 22.6. The lowest BCUT2D eigenvalue weighted by atomic mass is 9.58. The van der Waals surface area contributed by atoms with Gasteiger partial charge in [-0.05, 0) is 38.0 Å². The van der Waals surface area contributed by atoms with Gasteiger partial charge in [0, 0.05) is 12.3 Å². The van der Waals surface area contributed by atoms with Crippen LogP contribution in [-0.2, 0) is 19.2 Å². The second-order valence-electron chi connectivity index (χ2n) is 7.58. The molecule has 0 aromatic carbocycles. The molecule has 8 atom stereocenters. The fourth-order valence-corrected chi connectivity index (χ4v) is 5.13. The lowest BCUT2D eigenvalue weighted by Crippen LogP contribution is -2.71. The van der Waals surface area contributed by atoms with E-state index in [1.807, 2.05) is 13.8 Å². The standard InChI is InChI=1S/C15H23NO6/c1-8-4-5-11-9(2)12(16(17)18)19-13-15(11)10(8)6-7-14(3,20-13)21-22-15/h8-13H,4-7H2,1-3H3/t8-,9-,10+,11+,12-,13-,14+,15-/m1/s1. The van der Waals surface area contributed by atoms with Crippen molar-refractivity contribution in [3.8, 4) is 0 Å². The zero-order valence-electron chi connectivity index (χ0n) is 13.2. The molecule has 0 amide bonds. The smallest absolute Gasteiger partial charge is 0.315 e. The zero-order valence-corrected chi connectivity index (χ0v) is 13.2. The summed E-state index contributed by atoms with van der Waals surface area (Å²) in [5, 5.41) is 11.4. The molecule has 0 aromatic heterocycles. The van der Waals surface area contributed by atoms with Crippen LogP contribution in [0.5, 0.6) is 0 Å². The molecule has 0 radical (unpaired) electrons. The van der Waals surface area contributed by atoms with E-state index >= 15 is 0 Å². The third-order valence-electron chi connectivity index (χ3n) is 6.33. The highest BCUT2D eigenvalue weighted by Gasteiger charge is 2.71. The van der Waals surface area contributed by atoms with Gasteiger partial charge in [-0.2, -0.15) is 0 Å². The van der Waals surface area contributed by atoms with E-state index in [-0.39, 0.29) is 22.7 Å². The maximum atomic E-state index is 11.4.